The molecule has 1 aromatic rings. The monoisotopic (exact) mass is 223 g/mol. The van der Waals surface area contributed by atoms with Crippen molar-refractivity contribution < 1.29 is 0 Å². The molecule has 0 saturated carbocycles. The summed E-state index contributed by atoms with van der Waals surface area (Å²) in [5.74, 6) is 4.01. The Hall–Kier alpha value is -1.27. The van der Waals surface area contributed by atoms with E-state index in [4.69, 9.17) is 18.0 Å². The number of hydrogen-bond acceptors (Lipinski definition) is 3. The topological polar surface area (TPSA) is 37.8 Å². The molecule has 15 heavy (non-hydrogen) atoms. The van der Waals surface area contributed by atoms with E-state index in [1.54, 1.807) is 0 Å². The van der Waals surface area contributed by atoms with Crippen LogP contribution in [0.2, 0.25) is 5.15 Å². The lowest BCUT2D eigenvalue weighted by atomic mass is 10.2. The molecule has 0 aromatic carbocycles. The van der Waals surface area contributed by atoms with Crippen molar-refractivity contribution in [2.45, 2.75) is 33.2 Å². The van der Waals surface area contributed by atoms with Crippen LogP contribution in [0, 0.1) is 26.2 Å². The molecule has 0 bridgehead atoms. The second-order valence-corrected chi connectivity index (χ2v) is 3.85. The third kappa shape index (κ3) is 3.10. The molecule has 80 valence electrons. The van der Waals surface area contributed by atoms with E-state index in [2.05, 4.69) is 21.2 Å². The van der Waals surface area contributed by atoms with Gasteiger partial charge >= 0.3 is 0 Å². The summed E-state index contributed by atoms with van der Waals surface area (Å²) in [4.78, 5) is 8.34. The first-order valence-electron chi connectivity index (χ1n) is 4.75. The van der Waals surface area contributed by atoms with Gasteiger partial charge in [0, 0.05) is 18.0 Å². The molecule has 1 N–H and O–H groups in total. The number of halogens is 1. The van der Waals surface area contributed by atoms with Gasteiger partial charge in [-0.2, -0.15) is 0 Å². The first kappa shape index (κ1) is 11.8. The Balaban J connectivity index is 2.90. The molecule has 0 radical (unpaired) electrons. The van der Waals surface area contributed by atoms with E-state index in [-0.39, 0.29) is 6.04 Å². The molecule has 1 aromatic heterocycles. The number of terminal acetylenes is 1. The molecule has 0 aliphatic carbocycles. The number of aryl methyl sites for hydroxylation is 1. The molecular formula is C11H14ClN3. The van der Waals surface area contributed by atoms with Crippen molar-refractivity contribution in [3.05, 3.63) is 16.5 Å². The van der Waals surface area contributed by atoms with Gasteiger partial charge in [-0.15, -0.1) is 12.3 Å². The first-order chi connectivity index (χ1) is 7.04. The van der Waals surface area contributed by atoms with Crippen molar-refractivity contribution in [2.75, 3.05) is 5.32 Å². The number of nitrogens with one attached hydrogen (secondary N) is 1. The zero-order chi connectivity index (χ0) is 11.4. The fourth-order valence-electron chi connectivity index (χ4n) is 1.20. The summed E-state index contributed by atoms with van der Waals surface area (Å²) in [5, 5.41) is 3.70. The van der Waals surface area contributed by atoms with Gasteiger partial charge in [-0.05, 0) is 20.8 Å². The molecule has 0 aliphatic heterocycles. The van der Waals surface area contributed by atoms with Gasteiger partial charge in [0.15, 0.2) is 0 Å². The highest BCUT2D eigenvalue weighted by Gasteiger charge is 2.09. The molecule has 1 unspecified atom stereocenters. The van der Waals surface area contributed by atoms with Crippen LogP contribution >= 0.6 is 11.6 Å². The highest BCUT2D eigenvalue weighted by atomic mass is 35.5. The van der Waals surface area contributed by atoms with Crippen molar-refractivity contribution >= 4 is 17.4 Å². The van der Waals surface area contributed by atoms with Gasteiger partial charge in [0.05, 0.1) is 0 Å². The normalized spacial score (nSPS) is 11.9. The highest BCUT2D eigenvalue weighted by molar-refractivity contribution is 6.30. The molecule has 4 heteroatoms. The first-order valence-corrected chi connectivity index (χ1v) is 5.13. The second kappa shape index (κ2) is 4.99. The lowest BCUT2D eigenvalue weighted by molar-refractivity contribution is 0.814. The fourth-order valence-corrected chi connectivity index (χ4v) is 1.41. The van der Waals surface area contributed by atoms with Gasteiger partial charge in [0.1, 0.15) is 16.8 Å². The van der Waals surface area contributed by atoms with E-state index in [1.165, 1.54) is 0 Å². The van der Waals surface area contributed by atoms with E-state index in [0.717, 1.165) is 11.4 Å². The number of rotatable bonds is 3. The maximum absolute atomic E-state index is 5.95. The van der Waals surface area contributed by atoms with Crippen LogP contribution < -0.4 is 5.32 Å². The Bertz CT molecular complexity index is 396. The van der Waals surface area contributed by atoms with E-state index < -0.39 is 0 Å². The van der Waals surface area contributed by atoms with Crippen LogP contribution in [0.5, 0.6) is 0 Å². The van der Waals surface area contributed by atoms with Crippen LogP contribution in [-0.4, -0.2) is 16.0 Å². The van der Waals surface area contributed by atoms with Crippen LogP contribution in [0.1, 0.15) is 24.7 Å². The third-order valence-corrected chi connectivity index (χ3v) is 2.37. The summed E-state index contributed by atoms with van der Waals surface area (Å²) in [7, 11) is 0. The summed E-state index contributed by atoms with van der Waals surface area (Å²) in [6, 6.07) is 0.180. The molecule has 1 atom stereocenters. The van der Waals surface area contributed by atoms with Crippen LogP contribution in [0.3, 0.4) is 0 Å². The molecule has 0 aliphatic rings. The van der Waals surface area contributed by atoms with E-state index in [1.807, 2.05) is 20.8 Å². The highest BCUT2D eigenvalue weighted by Crippen LogP contribution is 2.20. The van der Waals surface area contributed by atoms with Gasteiger partial charge < -0.3 is 5.32 Å². The van der Waals surface area contributed by atoms with Gasteiger partial charge in [-0.25, -0.2) is 9.97 Å². The molecule has 0 spiro atoms. The fraction of sp³-hybridized carbons (Fsp3) is 0.455. The third-order valence-electron chi connectivity index (χ3n) is 2.01. The largest absolute Gasteiger partial charge is 0.366 e. The van der Waals surface area contributed by atoms with Crippen LogP contribution in [0.15, 0.2) is 0 Å². The Morgan fingerprint density at radius 1 is 1.47 bits per heavy atom. The maximum atomic E-state index is 5.95. The molecular weight excluding hydrogens is 210 g/mol. The summed E-state index contributed by atoms with van der Waals surface area (Å²) in [6.45, 7) is 5.69. The Morgan fingerprint density at radius 2 is 2.13 bits per heavy atom. The minimum absolute atomic E-state index is 0.180. The number of aromatic nitrogens is 2. The zero-order valence-electron chi connectivity index (χ0n) is 9.13. The van der Waals surface area contributed by atoms with Crippen LogP contribution in [0.25, 0.3) is 0 Å². The predicted octanol–water partition coefficient (Wildman–Crippen LogP) is 2.57. The van der Waals surface area contributed by atoms with E-state index in [9.17, 15) is 0 Å². The quantitative estimate of drug-likeness (QED) is 0.632. The standard InChI is InChI=1S/C11H14ClN3/c1-5-6-7(2)13-11-8(3)10(12)14-9(4)15-11/h1,7H,6H2,2-4H3,(H,13,14,15). The molecule has 3 nitrogen and oxygen atoms in total. The molecule has 0 amide bonds. The van der Waals surface area contributed by atoms with Crippen molar-refractivity contribution in [1.29, 1.82) is 0 Å². The lowest BCUT2D eigenvalue weighted by Gasteiger charge is -2.14. The summed E-state index contributed by atoms with van der Waals surface area (Å²) >= 11 is 5.95. The Labute approximate surface area is 95.3 Å². The molecule has 1 heterocycles. The molecule has 0 saturated heterocycles. The summed E-state index contributed by atoms with van der Waals surface area (Å²) < 4.78 is 0. The number of hydrogen-bond donors (Lipinski definition) is 1. The number of anilines is 1. The minimum atomic E-state index is 0.180. The Morgan fingerprint density at radius 3 is 2.73 bits per heavy atom. The van der Waals surface area contributed by atoms with Gasteiger partial charge in [-0.3, -0.25) is 0 Å². The van der Waals surface area contributed by atoms with Crippen molar-refractivity contribution in [3.63, 3.8) is 0 Å². The average Bonchev–Trinajstić information content (AvgIpc) is 2.13. The zero-order valence-corrected chi connectivity index (χ0v) is 9.89. The Kier molecular flexibility index (Phi) is 3.93. The van der Waals surface area contributed by atoms with Gasteiger partial charge in [0.2, 0.25) is 0 Å². The van der Waals surface area contributed by atoms with Crippen molar-refractivity contribution in [3.8, 4) is 12.3 Å². The lowest BCUT2D eigenvalue weighted by Crippen LogP contribution is -2.16. The van der Waals surface area contributed by atoms with Gasteiger partial charge in [-0.1, -0.05) is 11.6 Å². The van der Waals surface area contributed by atoms with E-state index in [0.29, 0.717) is 17.4 Å². The number of nitrogens with zero attached hydrogens (tertiary/aromatic N) is 2. The van der Waals surface area contributed by atoms with E-state index >= 15 is 0 Å². The SMILES string of the molecule is C#CCC(C)Nc1nc(C)nc(Cl)c1C. The van der Waals surface area contributed by atoms with Gasteiger partial charge in [0.25, 0.3) is 0 Å². The van der Waals surface area contributed by atoms with Crippen molar-refractivity contribution in [2.24, 2.45) is 0 Å². The molecule has 0 fully saturated rings. The second-order valence-electron chi connectivity index (χ2n) is 3.49. The smallest absolute Gasteiger partial charge is 0.137 e. The summed E-state index contributed by atoms with van der Waals surface area (Å²) in [6.07, 6.45) is 5.89. The average molecular weight is 224 g/mol. The predicted molar refractivity (Wildman–Crippen MR) is 63.1 cm³/mol. The van der Waals surface area contributed by atoms with Crippen LogP contribution in [0.4, 0.5) is 5.82 Å². The maximum Gasteiger partial charge on any atom is 0.137 e. The minimum Gasteiger partial charge on any atom is -0.366 e. The van der Waals surface area contributed by atoms with Crippen molar-refractivity contribution in [1.82, 2.24) is 9.97 Å². The van der Waals surface area contributed by atoms with Crippen LogP contribution in [-0.2, 0) is 0 Å². The summed E-state index contributed by atoms with van der Waals surface area (Å²) in [5.41, 5.74) is 0.853. The molecule has 1 rings (SSSR count).